The highest BCUT2D eigenvalue weighted by Crippen LogP contribution is 2.34. The zero-order chi connectivity index (χ0) is 19.6. The molecular formula is C22H25FN4. The Labute approximate surface area is 159 Å². The quantitative estimate of drug-likeness (QED) is 0.671. The van der Waals surface area contributed by atoms with Crippen LogP contribution in [0.2, 0.25) is 0 Å². The van der Waals surface area contributed by atoms with Gasteiger partial charge in [0.15, 0.2) is 0 Å². The maximum absolute atomic E-state index is 13.5. The lowest BCUT2D eigenvalue weighted by Crippen LogP contribution is -2.27. The molecule has 140 valence electrons. The molecule has 0 unspecified atom stereocenters. The van der Waals surface area contributed by atoms with Crippen LogP contribution in [-0.2, 0) is 6.42 Å². The van der Waals surface area contributed by atoms with Gasteiger partial charge in [-0.2, -0.15) is 0 Å². The van der Waals surface area contributed by atoms with Gasteiger partial charge in [-0.25, -0.2) is 14.4 Å². The van der Waals surface area contributed by atoms with Gasteiger partial charge < -0.3 is 5.32 Å². The standard InChI is InChI=1S/C22H25FN4/c1-6-18-19(16-11-12-24-14(2)13-16)20(15-7-9-17(23)10-8-15)26-21(25-18)27-22(3,4)5/h7-13H,6H2,1-5H3,(H,25,26,27). The van der Waals surface area contributed by atoms with Gasteiger partial charge in [-0.15, -0.1) is 0 Å². The van der Waals surface area contributed by atoms with Crippen molar-refractivity contribution in [1.82, 2.24) is 15.0 Å². The fourth-order valence-corrected chi connectivity index (χ4v) is 2.98. The van der Waals surface area contributed by atoms with Crippen LogP contribution in [0.3, 0.4) is 0 Å². The molecule has 0 fully saturated rings. The topological polar surface area (TPSA) is 50.7 Å². The number of halogens is 1. The number of hydrogen-bond acceptors (Lipinski definition) is 4. The largest absolute Gasteiger partial charge is 0.350 e. The molecule has 0 spiro atoms. The van der Waals surface area contributed by atoms with Crippen LogP contribution in [-0.4, -0.2) is 20.5 Å². The average molecular weight is 364 g/mol. The molecule has 0 radical (unpaired) electrons. The summed E-state index contributed by atoms with van der Waals surface area (Å²) in [6.45, 7) is 10.2. The highest BCUT2D eigenvalue weighted by atomic mass is 19.1. The van der Waals surface area contributed by atoms with E-state index in [-0.39, 0.29) is 11.4 Å². The van der Waals surface area contributed by atoms with Crippen molar-refractivity contribution in [2.45, 2.75) is 46.6 Å². The second kappa shape index (κ2) is 7.43. The highest BCUT2D eigenvalue weighted by molar-refractivity contribution is 5.83. The Morgan fingerprint density at radius 2 is 1.70 bits per heavy atom. The van der Waals surface area contributed by atoms with Crippen LogP contribution in [0.5, 0.6) is 0 Å². The average Bonchev–Trinajstić information content (AvgIpc) is 2.60. The number of pyridine rings is 1. The third kappa shape index (κ3) is 4.48. The van der Waals surface area contributed by atoms with E-state index in [2.05, 4.69) is 38.0 Å². The summed E-state index contributed by atoms with van der Waals surface area (Å²) in [5, 5.41) is 3.36. The van der Waals surface area contributed by atoms with E-state index in [4.69, 9.17) is 9.97 Å². The first-order chi connectivity index (χ1) is 12.8. The zero-order valence-electron chi connectivity index (χ0n) is 16.5. The number of rotatable bonds is 4. The molecule has 0 atom stereocenters. The smallest absolute Gasteiger partial charge is 0.223 e. The van der Waals surface area contributed by atoms with Crippen LogP contribution < -0.4 is 5.32 Å². The second-order valence-electron chi connectivity index (χ2n) is 7.64. The monoisotopic (exact) mass is 364 g/mol. The lowest BCUT2D eigenvalue weighted by Gasteiger charge is -2.23. The molecule has 0 aliphatic heterocycles. The number of anilines is 1. The molecule has 5 heteroatoms. The second-order valence-corrected chi connectivity index (χ2v) is 7.64. The Morgan fingerprint density at radius 3 is 2.30 bits per heavy atom. The summed E-state index contributed by atoms with van der Waals surface area (Å²) in [6, 6.07) is 10.4. The van der Waals surface area contributed by atoms with Crippen LogP contribution in [0.4, 0.5) is 10.3 Å². The fourth-order valence-electron chi connectivity index (χ4n) is 2.98. The van der Waals surface area contributed by atoms with Crippen molar-refractivity contribution in [3.63, 3.8) is 0 Å². The summed E-state index contributed by atoms with van der Waals surface area (Å²) < 4.78 is 13.5. The lowest BCUT2D eigenvalue weighted by atomic mass is 9.96. The minimum Gasteiger partial charge on any atom is -0.350 e. The molecular weight excluding hydrogens is 339 g/mol. The summed E-state index contributed by atoms with van der Waals surface area (Å²) in [7, 11) is 0. The van der Waals surface area contributed by atoms with E-state index in [9.17, 15) is 4.39 Å². The molecule has 0 aliphatic carbocycles. The van der Waals surface area contributed by atoms with Gasteiger partial charge in [0.25, 0.3) is 0 Å². The van der Waals surface area contributed by atoms with Gasteiger partial charge in [-0.3, -0.25) is 4.98 Å². The summed E-state index contributed by atoms with van der Waals surface area (Å²) in [5.74, 6) is 0.311. The number of nitrogens with zero attached hydrogens (tertiary/aromatic N) is 3. The summed E-state index contributed by atoms with van der Waals surface area (Å²) in [4.78, 5) is 13.9. The molecule has 3 rings (SSSR count). The van der Waals surface area contributed by atoms with Crippen molar-refractivity contribution in [2.75, 3.05) is 5.32 Å². The maximum Gasteiger partial charge on any atom is 0.223 e. The van der Waals surface area contributed by atoms with E-state index in [0.29, 0.717) is 5.95 Å². The van der Waals surface area contributed by atoms with E-state index < -0.39 is 0 Å². The summed E-state index contributed by atoms with van der Waals surface area (Å²) in [5.41, 5.74) is 5.34. The van der Waals surface area contributed by atoms with Crippen molar-refractivity contribution in [2.24, 2.45) is 0 Å². The molecule has 4 nitrogen and oxygen atoms in total. The third-order valence-electron chi connectivity index (χ3n) is 4.11. The summed E-state index contributed by atoms with van der Waals surface area (Å²) in [6.07, 6.45) is 2.55. The SMILES string of the molecule is CCc1nc(NC(C)(C)C)nc(-c2ccc(F)cc2)c1-c1ccnc(C)c1. The zero-order valence-corrected chi connectivity index (χ0v) is 16.5. The van der Waals surface area contributed by atoms with Crippen molar-refractivity contribution in [3.8, 4) is 22.4 Å². The van der Waals surface area contributed by atoms with Crippen LogP contribution in [0.25, 0.3) is 22.4 Å². The molecule has 27 heavy (non-hydrogen) atoms. The van der Waals surface area contributed by atoms with Gasteiger partial charge in [-0.05, 0) is 76.1 Å². The molecule has 3 aromatic rings. The molecule has 0 amide bonds. The first kappa shape index (κ1) is 19.0. The van der Waals surface area contributed by atoms with Gasteiger partial charge in [0, 0.05) is 28.6 Å². The number of aromatic nitrogens is 3. The Kier molecular flexibility index (Phi) is 5.22. The van der Waals surface area contributed by atoms with Gasteiger partial charge in [0.1, 0.15) is 5.82 Å². The van der Waals surface area contributed by atoms with Crippen LogP contribution in [0.15, 0.2) is 42.6 Å². The molecule has 0 bridgehead atoms. The predicted octanol–water partition coefficient (Wildman–Crippen LogP) is 5.43. The van der Waals surface area contributed by atoms with E-state index in [1.807, 2.05) is 19.1 Å². The minimum atomic E-state index is -0.266. The van der Waals surface area contributed by atoms with Gasteiger partial charge >= 0.3 is 0 Å². The first-order valence-electron chi connectivity index (χ1n) is 9.15. The normalized spacial score (nSPS) is 11.5. The minimum absolute atomic E-state index is 0.167. The first-order valence-corrected chi connectivity index (χ1v) is 9.15. The maximum atomic E-state index is 13.5. The van der Waals surface area contributed by atoms with Crippen molar-refractivity contribution in [3.05, 3.63) is 59.8 Å². The van der Waals surface area contributed by atoms with Crippen molar-refractivity contribution in [1.29, 1.82) is 0 Å². The molecule has 0 saturated heterocycles. The number of benzene rings is 1. The van der Waals surface area contributed by atoms with Gasteiger partial charge in [0.2, 0.25) is 5.95 Å². The number of aryl methyl sites for hydroxylation is 2. The molecule has 0 aliphatic rings. The highest BCUT2D eigenvalue weighted by Gasteiger charge is 2.19. The summed E-state index contributed by atoms with van der Waals surface area (Å²) >= 11 is 0. The van der Waals surface area contributed by atoms with E-state index in [0.717, 1.165) is 40.2 Å². The Hall–Kier alpha value is -2.82. The van der Waals surface area contributed by atoms with Crippen molar-refractivity contribution >= 4 is 5.95 Å². The van der Waals surface area contributed by atoms with Crippen molar-refractivity contribution < 1.29 is 4.39 Å². The molecule has 0 saturated carbocycles. The third-order valence-corrected chi connectivity index (χ3v) is 4.11. The van der Waals surface area contributed by atoms with E-state index in [1.165, 1.54) is 12.1 Å². The van der Waals surface area contributed by atoms with Gasteiger partial charge in [-0.1, -0.05) is 6.92 Å². The lowest BCUT2D eigenvalue weighted by molar-refractivity contribution is 0.625. The fraction of sp³-hybridized carbons (Fsp3) is 0.318. The van der Waals surface area contributed by atoms with E-state index in [1.54, 1.807) is 18.3 Å². The van der Waals surface area contributed by atoms with Crippen LogP contribution >= 0.6 is 0 Å². The number of nitrogens with one attached hydrogen (secondary N) is 1. The van der Waals surface area contributed by atoms with Crippen LogP contribution in [0.1, 0.15) is 39.1 Å². The molecule has 1 N–H and O–H groups in total. The van der Waals surface area contributed by atoms with E-state index >= 15 is 0 Å². The predicted molar refractivity (Wildman–Crippen MR) is 108 cm³/mol. The molecule has 1 aromatic carbocycles. The van der Waals surface area contributed by atoms with Gasteiger partial charge in [0.05, 0.1) is 11.4 Å². The number of hydrogen-bond donors (Lipinski definition) is 1. The van der Waals surface area contributed by atoms with Crippen LogP contribution in [0, 0.1) is 12.7 Å². The Balaban J connectivity index is 2.27. The molecule has 2 aromatic heterocycles. The Morgan fingerprint density at radius 1 is 1.00 bits per heavy atom. The Bertz CT molecular complexity index is 944. The molecule has 2 heterocycles.